The Balaban J connectivity index is 5.34. The van der Waals surface area contributed by atoms with Gasteiger partial charge in [0.15, 0.2) is 0 Å². The van der Waals surface area contributed by atoms with E-state index in [0.717, 1.165) is 0 Å². The highest BCUT2D eigenvalue weighted by atomic mass is 28.3. The number of carbonyl (C=O) groups is 2. The molecule has 0 aliphatic heterocycles. The molecule has 0 aliphatic carbocycles. The molecule has 0 aromatic carbocycles. The van der Waals surface area contributed by atoms with Crippen LogP contribution in [-0.4, -0.2) is 32.5 Å². The highest BCUT2D eigenvalue weighted by Crippen LogP contribution is 2.36. The maximum absolute atomic E-state index is 12.7. The molecule has 0 amide bonds. The molecule has 0 unspecified atom stereocenters. The highest BCUT2D eigenvalue weighted by Gasteiger charge is 2.58. The molecule has 0 aromatic heterocycles. The first-order valence-corrected chi connectivity index (χ1v) is 10.1. The van der Waals surface area contributed by atoms with Crippen LogP contribution in [0.1, 0.15) is 55.4 Å². The minimum absolute atomic E-state index is 0.0446. The van der Waals surface area contributed by atoms with Crippen molar-refractivity contribution in [2.75, 3.05) is 13.2 Å². The predicted molar refractivity (Wildman–Crippen MR) is 88.3 cm³/mol. The molecule has 5 heteroatoms. The first kappa shape index (κ1) is 20.2. The first-order chi connectivity index (χ1) is 9.56. The van der Waals surface area contributed by atoms with Crippen molar-refractivity contribution in [1.82, 2.24) is 0 Å². The number of carbonyl (C=O) groups excluding carboxylic acids is 2. The molecule has 0 heterocycles. The van der Waals surface area contributed by atoms with E-state index in [0.29, 0.717) is 13.2 Å². The van der Waals surface area contributed by atoms with Gasteiger partial charge in [-0.3, -0.25) is 9.59 Å². The van der Waals surface area contributed by atoms with Gasteiger partial charge in [-0.2, -0.15) is 0 Å². The summed E-state index contributed by atoms with van der Waals surface area (Å²) in [6, 6.07) is 0. The van der Waals surface area contributed by atoms with Crippen LogP contribution in [-0.2, 0) is 9.47 Å². The van der Waals surface area contributed by atoms with E-state index in [1.807, 2.05) is 55.4 Å². The Bertz CT molecular complexity index is 314. The number of hydrogen-bond donors (Lipinski definition) is 0. The van der Waals surface area contributed by atoms with Crippen LogP contribution in [0.5, 0.6) is 0 Å². The van der Waals surface area contributed by atoms with Crippen molar-refractivity contribution in [3.05, 3.63) is 0 Å². The maximum atomic E-state index is 12.7. The lowest BCUT2D eigenvalue weighted by Gasteiger charge is -2.33. The standard InChI is InChI=1S/C16H32O4Si/c1-11(2)9-19-15(17)21(13(5)6,14(7)8)16(18)20-10-12(3)4/h11-14H,9-10H2,1-8H3. The molecule has 0 spiro atoms. The molecule has 21 heavy (non-hydrogen) atoms. The van der Waals surface area contributed by atoms with Crippen molar-refractivity contribution in [3.8, 4) is 0 Å². The summed E-state index contributed by atoms with van der Waals surface area (Å²) >= 11 is 0. The first-order valence-electron chi connectivity index (χ1n) is 7.91. The second-order valence-corrected chi connectivity index (χ2v) is 12.0. The third-order valence-electron chi connectivity index (χ3n) is 3.59. The van der Waals surface area contributed by atoms with E-state index in [9.17, 15) is 9.59 Å². The summed E-state index contributed by atoms with van der Waals surface area (Å²) in [6.45, 7) is 16.4. The van der Waals surface area contributed by atoms with Crippen LogP contribution in [0.4, 0.5) is 9.59 Å². The van der Waals surface area contributed by atoms with E-state index >= 15 is 0 Å². The van der Waals surface area contributed by atoms with Gasteiger partial charge in [0, 0.05) is 0 Å². The SMILES string of the molecule is CC(C)COC(=O)[Si](C(=O)OCC(C)C)(C(C)C)C(C)C. The van der Waals surface area contributed by atoms with Crippen molar-refractivity contribution in [2.45, 2.75) is 66.5 Å². The fourth-order valence-electron chi connectivity index (χ4n) is 2.42. The van der Waals surface area contributed by atoms with Crippen molar-refractivity contribution < 1.29 is 19.1 Å². The second kappa shape index (κ2) is 8.56. The van der Waals surface area contributed by atoms with Gasteiger partial charge in [0.25, 0.3) is 11.2 Å². The van der Waals surface area contributed by atoms with Crippen LogP contribution in [0, 0.1) is 11.8 Å². The molecule has 0 bridgehead atoms. The van der Waals surface area contributed by atoms with Crippen LogP contribution in [0.3, 0.4) is 0 Å². The Hall–Kier alpha value is -0.843. The van der Waals surface area contributed by atoms with Gasteiger partial charge < -0.3 is 9.47 Å². The van der Waals surface area contributed by atoms with Crippen molar-refractivity contribution >= 4 is 19.3 Å². The second-order valence-electron chi connectivity index (χ2n) is 7.16. The third kappa shape index (κ3) is 5.13. The Morgan fingerprint density at radius 3 is 1.19 bits per heavy atom. The fraction of sp³-hybridized carbons (Fsp3) is 0.875. The summed E-state index contributed by atoms with van der Waals surface area (Å²) in [6.07, 6.45) is 0. The highest BCUT2D eigenvalue weighted by molar-refractivity contribution is 7.24. The Labute approximate surface area is 130 Å². The number of rotatable bonds is 8. The Morgan fingerprint density at radius 1 is 0.714 bits per heavy atom. The zero-order valence-electron chi connectivity index (χ0n) is 14.9. The van der Waals surface area contributed by atoms with Crippen LogP contribution >= 0.6 is 0 Å². The lowest BCUT2D eigenvalue weighted by molar-refractivity contribution is 0.145. The molecule has 0 fully saturated rings. The smallest absolute Gasteiger partial charge is 0.316 e. The van der Waals surface area contributed by atoms with Gasteiger partial charge >= 0.3 is 8.07 Å². The lowest BCUT2D eigenvalue weighted by Crippen LogP contribution is -2.58. The molecule has 0 saturated heterocycles. The molecular formula is C16H32O4Si. The quantitative estimate of drug-likeness (QED) is 0.591. The zero-order chi connectivity index (χ0) is 16.8. The van der Waals surface area contributed by atoms with Gasteiger partial charge in [-0.25, -0.2) is 0 Å². The molecular weight excluding hydrogens is 284 g/mol. The molecule has 0 rings (SSSR count). The van der Waals surface area contributed by atoms with Gasteiger partial charge in [0.2, 0.25) is 0 Å². The predicted octanol–water partition coefficient (Wildman–Crippen LogP) is 5.00. The van der Waals surface area contributed by atoms with E-state index in [1.54, 1.807) is 0 Å². The average molecular weight is 317 g/mol. The van der Waals surface area contributed by atoms with Gasteiger partial charge in [0.1, 0.15) is 0 Å². The molecule has 124 valence electrons. The van der Waals surface area contributed by atoms with Crippen LogP contribution in [0.2, 0.25) is 11.1 Å². The van der Waals surface area contributed by atoms with E-state index in [4.69, 9.17) is 9.47 Å². The fourth-order valence-corrected chi connectivity index (χ4v) is 6.45. The summed E-state index contributed by atoms with van der Waals surface area (Å²) < 4.78 is 10.9. The Kier molecular flexibility index (Phi) is 8.22. The van der Waals surface area contributed by atoms with Crippen molar-refractivity contribution in [2.24, 2.45) is 11.8 Å². The van der Waals surface area contributed by atoms with Gasteiger partial charge in [-0.1, -0.05) is 55.4 Å². The average Bonchev–Trinajstić information content (AvgIpc) is 2.33. The minimum atomic E-state index is -3.01. The molecule has 0 radical (unpaired) electrons. The monoisotopic (exact) mass is 316 g/mol. The summed E-state index contributed by atoms with van der Waals surface area (Å²) in [5, 5.41) is 0. The molecule has 4 nitrogen and oxygen atoms in total. The summed E-state index contributed by atoms with van der Waals surface area (Å²) in [4.78, 5) is 25.4. The van der Waals surface area contributed by atoms with Gasteiger partial charge in [-0.05, 0) is 22.9 Å². The largest absolute Gasteiger partial charge is 0.469 e. The zero-order valence-corrected chi connectivity index (χ0v) is 15.9. The van der Waals surface area contributed by atoms with Gasteiger partial charge in [0.05, 0.1) is 13.2 Å². The minimum Gasteiger partial charge on any atom is -0.469 e. The summed E-state index contributed by atoms with van der Waals surface area (Å²) in [5.74, 6) is 0.512. The van der Waals surface area contributed by atoms with E-state index in [-0.39, 0.29) is 34.1 Å². The van der Waals surface area contributed by atoms with Crippen LogP contribution in [0.25, 0.3) is 0 Å². The summed E-state index contributed by atoms with van der Waals surface area (Å²) in [7, 11) is -3.01. The van der Waals surface area contributed by atoms with Gasteiger partial charge in [-0.15, -0.1) is 0 Å². The third-order valence-corrected chi connectivity index (χ3v) is 8.87. The summed E-state index contributed by atoms with van der Waals surface area (Å²) in [5.41, 5.74) is -0.737. The maximum Gasteiger partial charge on any atom is 0.316 e. The van der Waals surface area contributed by atoms with E-state index in [1.165, 1.54) is 0 Å². The van der Waals surface area contributed by atoms with E-state index < -0.39 is 8.07 Å². The van der Waals surface area contributed by atoms with Crippen molar-refractivity contribution in [3.63, 3.8) is 0 Å². The number of hydrogen-bond acceptors (Lipinski definition) is 4. The molecule has 0 aliphatic rings. The Morgan fingerprint density at radius 2 is 1.00 bits per heavy atom. The van der Waals surface area contributed by atoms with E-state index in [2.05, 4.69) is 0 Å². The molecule has 0 saturated carbocycles. The number of ether oxygens (including phenoxy) is 2. The topological polar surface area (TPSA) is 52.6 Å². The van der Waals surface area contributed by atoms with Crippen molar-refractivity contribution in [1.29, 1.82) is 0 Å². The lowest BCUT2D eigenvalue weighted by atomic mass is 10.2. The van der Waals surface area contributed by atoms with Crippen LogP contribution < -0.4 is 0 Å². The van der Waals surface area contributed by atoms with Crippen LogP contribution in [0.15, 0.2) is 0 Å². The molecule has 0 aromatic rings. The normalized spacial score (nSPS) is 12.4. The molecule has 0 atom stereocenters. The molecule has 0 N–H and O–H groups in total.